The number of nitrogens with two attached hydrogens (primary N) is 1. The summed E-state index contributed by atoms with van der Waals surface area (Å²) in [4.78, 5) is 8.05. The minimum atomic E-state index is 0.343. The molecule has 2 unspecified atom stereocenters. The highest BCUT2D eigenvalue weighted by atomic mass is 32.1. The van der Waals surface area contributed by atoms with Crippen LogP contribution in [0.3, 0.4) is 0 Å². The molecule has 2 aromatic heterocycles. The fourth-order valence-electron chi connectivity index (χ4n) is 2.52. The molecule has 3 rings (SSSR count). The molecule has 1 saturated heterocycles. The van der Waals surface area contributed by atoms with Gasteiger partial charge in [-0.25, -0.2) is 4.98 Å². The Morgan fingerprint density at radius 1 is 1.58 bits per heavy atom. The number of rotatable bonds is 3. The van der Waals surface area contributed by atoms with E-state index in [1.54, 1.807) is 17.6 Å². The third kappa shape index (κ3) is 2.88. The highest BCUT2D eigenvalue weighted by Crippen LogP contribution is 2.24. The number of piperidine rings is 1. The van der Waals surface area contributed by atoms with Crippen molar-refractivity contribution in [1.29, 1.82) is 0 Å². The molecule has 2 atom stereocenters. The van der Waals surface area contributed by atoms with Crippen molar-refractivity contribution in [3.8, 4) is 10.8 Å². The summed E-state index contributed by atoms with van der Waals surface area (Å²) in [5.74, 6) is 1.28. The van der Waals surface area contributed by atoms with Gasteiger partial charge in [-0.3, -0.25) is 4.90 Å². The van der Waals surface area contributed by atoms with Crippen molar-refractivity contribution >= 4 is 11.3 Å². The van der Waals surface area contributed by atoms with Crippen molar-refractivity contribution < 1.29 is 4.42 Å². The summed E-state index contributed by atoms with van der Waals surface area (Å²) in [6.07, 6.45) is 2.84. The van der Waals surface area contributed by atoms with Gasteiger partial charge in [0.15, 0.2) is 0 Å². The van der Waals surface area contributed by atoms with Crippen molar-refractivity contribution in [1.82, 2.24) is 9.88 Å². The molecule has 0 aliphatic carbocycles. The fourth-order valence-corrected chi connectivity index (χ4v) is 3.17. The fraction of sp³-hybridized carbons (Fsp3) is 0.500. The van der Waals surface area contributed by atoms with Crippen LogP contribution >= 0.6 is 11.3 Å². The van der Waals surface area contributed by atoms with Crippen LogP contribution in [0, 0.1) is 5.92 Å². The molecule has 0 bridgehead atoms. The van der Waals surface area contributed by atoms with Crippen molar-refractivity contribution in [2.75, 3.05) is 13.1 Å². The minimum absolute atomic E-state index is 0.343. The SMILES string of the molecule is CC1CN(Cc2coc(-c3cccs3)n2)CCC1N. The Morgan fingerprint density at radius 3 is 3.21 bits per heavy atom. The van der Waals surface area contributed by atoms with E-state index in [2.05, 4.69) is 16.8 Å². The van der Waals surface area contributed by atoms with Gasteiger partial charge in [-0.05, 0) is 23.8 Å². The summed E-state index contributed by atoms with van der Waals surface area (Å²) in [7, 11) is 0. The van der Waals surface area contributed by atoms with Gasteiger partial charge < -0.3 is 10.2 Å². The van der Waals surface area contributed by atoms with Crippen LogP contribution in [0.4, 0.5) is 0 Å². The van der Waals surface area contributed by atoms with E-state index in [4.69, 9.17) is 10.2 Å². The molecule has 0 aromatic carbocycles. The normalized spacial score (nSPS) is 24.7. The molecule has 0 amide bonds. The van der Waals surface area contributed by atoms with Gasteiger partial charge in [0.05, 0.1) is 10.6 Å². The molecule has 5 heteroatoms. The zero-order valence-electron chi connectivity index (χ0n) is 11.1. The van der Waals surface area contributed by atoms with Gasteiger partial charge in [-0.1, -0.05) is 13.0 Å². The number of hydrogen-bond donors (Lipinski definition) is 1. The number of hydrogen-bond acceptors (Lipinski definition) is 5. The van der Waals surface area contributed by atoms with E-state index in [0.29, 0.717) is 12.0 Å². The lowest BCUT2D eigenvalue weighted by molar-refractivity contribution is 0.156. The summed E-state index contributed by atoms with van der Waals surface area (Å²) >= 11 is 1.65. The second kappa shape index (κ2) is 5.45. The van der Waals surface area contributed by atoms with E-state index in [0.717, 1.165) is 42.5 Å². The first-order valence-corrected chi connectivity index (χ1v) is 7.56. The second-order valence-corrected chi connectivity index (χ2v) is 6.23. The molecular weight excluding hydrogens is 258 g/mol. The third-order valence-corrected chi connectivity index (χ3v) is 4.58. The molecule has 0 saturated carbocycles. The number of oxazole rings is 1. The number of thiophene rings is 1. The molecule has 19 heavy (non-hydrogen) atoms. The van der Waals surface area contributed by atoms with Crippen LogP contribution in [0.5, 0.6) is 0 Å². The summed E-state index contributed by atoms with van der Waals surface area (Å²) in [5, 5.41) is 2.03. The van der Waals surface area contributed by atoms with Gasteiger partial charge in [0.2, 0.25) is 5.89 Å². The molecule has 1 aliphatic rings. The molecule has 4 nitrogen and oxygen atoms in total. The third-order valence-electron chi connectivity index (χ3n) is 3.73. The molecule has 3 heterocycles. The van der Waals surface area contributed by atoms with Gasteiger partial charge in [0, 0.05) is 25.7 Å². The lowest BCUT2D eigenvalue weighted by Gasteiger charge is -2.34. The standard InChI is InChI=1S/C14H19N3OS/c1-10-7-17(5-4-12(10)15)8-11-9-18-14(16-11)13-3-2-6-19-13/h2-3,6,9-10,12H,4-5,7-8,15H2,1H3. The zero-order valence-corrected chi connectivity index (χ0v) is 11.9. The van der Waals surface area contributed by atoms with Crippen LogP contribution in [0.2, 0.25) is 0 Å². The monoisotopic (exact) mass is 277 g/mol. The van der Waals surface area contributed by atoms with Crippen LogP contribution in [0.1, 0.15) is 19.0 Å². The van der Waals surface area contributed by atoms with Crippen LogP contribution in [-0.2, 0) is 6.54 Å². The van der Waals surface area contributed by atoms with Crippen LogP contribution in [0.15, 0.2) is 28.2 Å². The number of aromatic nitrogens is 1. The maximum absolute atomic E-state index is 6.04. The summed E-state index contributed by atoms with van der Waals surface area (Å²) < 4.78 is 5.55. The Balaban J connectivity index is 1.64. The largest absolute Gasteiger partial charge is 0.444 e. The first-order valence-electron chi connectivity index (χ1n) is 6.68. The van der Waals surface area contributed by atoms with Crippen molar-refractivity contribution in [2.45, 2.75) is 25.9 Å². The molecule has 102 valence electrons. The molecule has 1 fully saturated rings. The average Bonchev–Trinajstić information content (AvgIpc) is 3.04. The maximum atomic E-state index is 6.04. The zero-order chi connectivity index (χ0) is 13.2. The molecule has 2 aromatic rings. The van der Waals surface area contributed by atoms with Crippen LogP contribution < -0.4 is 5.73 Å². The number of nitrogens with zero attached hydrogens (tertiary/aromatic N) is 2. The molecule has 1 aliphatic heterocycles. The summed E-state index contributed by atoms with van der Waals surface area (Å²) in [5.41, 5.74) is 7.05. The van der Waals surface area contributed by atoms with Crippen LogP contribution in [0.25, 0.3) is 10.8 Å². The van der Waals surface area contributed by atoms with Crippen molar-refractivity contribution in [2.24, 2.45) is 11.7 Å². The Bertz CT molecular complexity index is 523. The molecule has 0 radical (unpaired) electrons. The first-order chi connectivity index (χ1) is 9.22. The smallest absolute Gasteiger partial charge is 0.236 e. The number of likely N-dealkylation sites (tertiary alicyclic amines) is 1. The van der Waals surface area contributed by atoms with Gasteiger partial charge in [-0.15, -0.1) is 11.3 Å². The Hall–Kier alpha value is -1.17. The van der Waals surface area contributed by atoms with E-state index >= 15 is 0 Å². The Kier molecular flexibility index (Phi) is 3.68. The predicted octanol–water partition coefficient (Wildman–Crippen LogP) is 2.57. The lowest BCUT2D eigenvalue weighted by Crippen LogP contribution is -2.45. The van der Waals surface area contributed by atoms with E-state index in [1.165, 1.54) is 0 Å². The highest BCUT2D eigenvalue weighted by Gasteiger charge is 2.23. The molecule has 2 N–H and O–H groups in total. The van der Waals surface area contributed by atoms with Gasteiger partial charge in [-0.2, -0.15) is 0 Å². The van der Waals surface area contributed by atoms with E-state index in [9.17, 15) is 0 Å². The summed E-state index contributed by atoms with van der Waals surface area (Å²) in [6, 6.07) is 4.38. The van der Waals surface area contributed by atoms with Crippen molar-refractivity contribution in [3.05, 3.63) is 29.5 Å². The predicted molar refractivity (Wildman–Crippen MR) is 76.8 cm³/mol. The summed E-state index contributed by atoms with van der Waals surface area (Å²) in [6.45, 7) is 5.16. The Morgan fingerprint density at radius 2 is 2.47 bits per heavy atom. The van der Waals surface area contributed by atoms with Gasteiger partial charge in [0.1, 0.15) is 6.26 Å². The lowest BCUT2D eigenvalue weighted by atomic mass is 9.95. The quantitative estimate of drug-likeness (QED) is 0.937. The van der Waals surface area contributed by atoms with Gasteiger partial charge in [0.25, 0.3) is 0 Å². The minimum Gasteiger partial charge on any atom is -0.444 e. The van der Waals surface area contributed by atoms with Gasteiger partial charge >= 0.3 is 0 Å². The average molecular weight is 277 g/mol. The molecule has 0 spiro atoms. The van der Waals surface area contributed by atoms with E-state index < -0.39 is 0 Å². The maximum Gasteiger partial charge on any atom is 0.236 e. The van der Waals surface area contributed by atoms with E-state index in [-0.39, 0.29) is 0 Å². The first kappa shape index (κ1) is 12.8. The Labute approximate surface area is 117 Å². The highest BCUT2D eigenvalue weighted by molar-refractivity contribution is 7.13. The second-order valence-electron chi connectivity index (χ2n) is 5.29. The molecular formula is C14H19N3OS. The van der Waals surface area contributed by atoms with E-state index in [1.807, 2.05) is 17.5 Å². The van der Waals surface area contributed by atoms with Crippen molar-refractivity contribution in [3.63, 3.8) is 0 Å². The van der Waals surface area contributed by atoms with Crippen LogP contribution in [-0.4, -0.2) is 29.0 Å². The topological polar surface area (TPSA) is 55.3 Å².